The van der Waals surface area contributed by atoms with E-state index in [1.807, 2.05) is 0 Å². The fraction of sp³-hybridized carbons (Fsp3) is 0.913. The monoisotopic (exact) mass is 1330 g/mol. The van der Waals surface area contributed by atoms with Gasteiger partial charge in [0, 0.05) is 36.9 Å². The first-order valence-electron chi connectivity index (χ1n) is 36.2. The maximum absolute atomic E-state index is 14.4. The second kappa shape index (κ2) is 62.0. The fourth-order valence-corrected chi connectivity index (χ4v) is 12.6. The SMILES string of the molecule is CCCCCCCCCCCCCCCCCCNC(=S)OC(CS)Cn1c(=O)n(CC(CS)OC(=S)NCCCCCCCCCCCCCCCCCC)c(=O)n(CC(CS)OC(=S)NCCCCCCCCCCCCCCCCCC)c1=O. The minimum atomic E-state index is -0.814. The van der Waals surface area contributed by atoms with Crippen molar-refractivity contribution in [1.29, 1.82) is 0 Å². The molecule has 0 radical (unpaired) electrons. The molecule has 1 heterocycles. The van der Waals surface area contributed by atoms with Gasteiger partial charge in [0.25, 0.3) is 15.5 Å². The van der Waals surface area contributed by atoms with Gasteiger partial charge < -0.3 is 30.2 Å². The zero-order chi connectivity index (χ0) is 63.5. The highest BCUT2D eigenvalue weighted by atomic mass is 32.1. The summed E-state index contributed by atoms with van der Waals surface area (Å²) in [6.07, 6.45) is 60.0. The fourth-order valence-electron chi connectivity index (χ4n) is 11.3. The number of aromatic nitrogens is 3. The molecule has 1 aromatic heterocycles. The maximum Gasteiger partial charge on any atom is 0.336 e. The lowest BCUT2D eigenvalue weighted by molar-refractivity contribution is 0.159. The van der Waals surface area contributed by atoms with E-state index in [-0.39, 0.29) is 52.4 Å². The molecule has 0 spiro atoms. The van der Waals surface area contributed by atoms with E-state index in [0.29, 0.717) is 19.6 Å². The number of nitrogens with zero attached hydrogens (tertiary/aromatic N) is 3. The van der Waals surface area contributed by atoms with Gasteiger partial charge in [0.2, 0.25) is 0 Å². The molecule has 0 fully saturated rings. The zero-order valence-corrected chi connectivity index (χ0v) is 61.0. The molecule has 1 aromatic rings. The molecule has 3 N–H and O–H groups in total. The van der Waals surface area contributed by atoms with Crippen molar-refractivity contribution in [3.63, 3.8) is 0 Å². The lowest BCUT2D eigenvalue weighted by atomic mass is 10.0. The minimum absolute atomic E-state index is 0.148. The number of thiol groups is 3. The summed E-state index contributed by atoms with van der Waals surface area (Å²) in [5, 5.41) is 10.1. The van der Waals surface area contributed by atoms with Gasteiger partial charge in [0.1, 0.15) is 18.3 Å². The van der Waals surface area contributed by atoms with Crippen LogP contribution in [0.5, 0.6) is 0 Å². The number of nitrogens with one attached hydrogen (secondary N) is 3. The predicted molar refractivity (Wildman–Crippen MR) is 396 cm³/mol. The number of unbranched alkanes of at least 4 members (excludes halogenated alkanes) is 45. The Kier molecular flexibility index (Phi) is 59.5. The van der Waals surface area contributed by atoms with Crippen molar-refractivity contribution in [2.24, 2.45) is 0 Å². The molecule has 18 heteroatoms. The lowest BCUT2D eigenvalue weighted by Gasteiger charge is -2.23. The van der Waals surface area contributed by atoms with Crippen molar-refractivity contribution >= 4 is 90.1 Å². The van der Waals surface area contributed by atoms with Crippen molar-refractivity contribution in [1.82, 2.24) is 29.7 Å². The number of thiocarbonyl (C=S) groups is 3. The molecule has 3 unspecified atom stereocenters. The van der Waals surface area contributed by atoms with Gasteiger partial charge in [-0.3, -0.25) is 0 Å². The molecule has 87 heavy (non-hydrogen) atoms. The summed E-state index contributed by atoms with van der Waals surface area (Å²) in [6, 6.07) is 0. The summed E-state index contributed by atoms with van der Waals surface area (Å²) >= 11 is 30.4. The van der Waals surface area contributed by atoms with Crippen LogP contribution in [0.2, 0.25) is 0 Å². The highest BCUT2D eigenvalue weighted by Crippen LogP contribution is 2.17. The Morgan fingerprint density at radius 2 is 0.448 bits per heavy atom. The second-order valence-electron chi connectivity index (χ2n) is 25.0. The first kappa shape index (κ1) is 83.5. The summed E-state index contributed by atoms with van der Waals surface area (Å²) in [5.41, 5.74) is -2.44. The van der Waals surface area contributed by atoms with E-state index in [2.05, 4.69) is 74.6 Å². The van der Waals surface area contributed by atoms with Gasteiger partial charge >= 0.3 is 17.1 Å². The van der Waals surface area contributed by atoms with E-state index in [9.17, 15) is 14.4 Å². The van der Waals surface area contributed by atoms with Crippen LogP contribution in [0.15, 0.2) is 14.4 Å². The van der Waals surface area contributed by atoms with E-state index in [1.165, 1.54) is 270 Å². The van der Waals surface area contributed by atoms with Gasteiger partial charge in [-0.05, 0) is 55.9 Å². The average molecular weight is 1330 g/mol. The molecular formula is C69H132N6O6S6. The van der Waals surface area contributed by atoms with Crippen molar-refractivity contribution in [2.75, 3.05) is 36.9 Å². The predicted octanol–water partition coefficient (Wildman–Crippen LogP) is 18.5. The third-order valence-electron chi connectivity index (χ3n) is 16.9. The molecule has 3 atom stereocenters. The summed E-state index contributed by atoms with van der Waals surface area (Å²) in [6.45, 7) is 8.15. The van der Waals surface area contributed by atoms with Crippen LogP contribution in [0.1, 0.15) is 329 Å². The first-order chi connectivity index (χ1) is 42.6. The molecule has 0 bridgehead atoms. The molecule has 0 amide bonds. The Hall–Kier alpha value is -1.47. The zero-order valence-electron chi connectivity index (χ0n) is 55.9. The van der Waals surface area contributed by atoms with Crippen molar-refractivity contribution in [3.8, 4) is 0 Å². The molecule has 0 aliphatic carbocycles. The Morgan fingerprint density at radius 1 is 0.299 bits per heavy atom. The van der Waals surface area contributed by atoms with Crippen LogP contribution in [0.25, 0.3) is 0 Å². The quantitative estimate of drug-likeness (QED) is 0.0211. The Balaban J connectivity index is 2.83. The normalized spacial score (nSPS) is 12.5. The second-order valence-corrected chi connectivity index (χ2v) is 27.2. The van der Waals surface area contributed by atoms with Crippen molar-refractivity contribution in [2.45, 2.75) is 367 Å². The highest BCUT2D eigenvalue weighted by Gasteiger charge is 2.25. The number of hydrogen-bond acceptors (Lipinski definition) is 12. The van der Waals surface area contributed by atoms with E-state index >= 15 is 0 Å². The highest BCUT2D eigenvalue weighted by molar-refractivity contribution is 7.81. The molecule has 0 saturated heterocycles. The first-order valence-corrected chi connectivity index (χ1v) is 39.3. The van der Waals surface area contributed by atoms with Crippen LogP contribution in [-0.4, -0.2) is 84.4 Å². The van der Waals surface area contributed by atoms with Crippen LogP contribution >= 0.6 is 74.5 Å². The number of hydrogen-bond donors (Lipinski definition) is 6. The Labute approximate surface area is 565 Å². The van der Waals surface area contributed by atoms with Crippen LogP contribution in [0, 0.1) is 0 Å². The van der Waals surface area contributed by atoms with Gasteiger partial charge in [0.15, 0.2) is 0 Å². The summed E-state index contributed by atoms with van der Waals surface area (Å²) in [5.74, 6) is 0.444. The van der Waals surface area contributed by atoms with Gasteiger partial charge in [-0.1, -0.05) is 310 Å². The molecule has 0 aromatic carbocycles. The van der Waals surface area contributed by atoms with Crippen LogP contribution in [0.3, 0.4) is 0 Å². The standard InChI is InChI=1S/C69H132N6O6S6/c1-4-7-10-13-16-19-22-25-28-31-34-37-40-43-46-49-52-70-64(85)79-61(58-82)55-73-67(76)74(56-62(59-83)80-65(86)71-53-50-47-44-41-38-35-32-29-26-23-20-17-14-11-8-5-2)69(78)75(68(73)77)57-63(60-84)81-66(87)72-54-51-48-45-42-39-36-33-30-27-24-21-18-15-12-9-6-3/h61-63,82-84H,4-60H2,1-3H3,(H,70,85)(H,71,86)(H,72,87). The average Bonchev–Trinajstić information content (AvgIpc) is 1.29. The van der Waals surface area contributed by atoms with E-state index in [1.54, 1.807) is 0 Å². The van der Waals surface area contributed by atoms with Crippen LogP contribution in [0.4, 0.5) is 0 Å². The molecule has 12 nitrogen and oxygen atoms in total. The Bertz CT molecular complexity index is 1710. The van der Waals surface area contributed by atoms with Gasteiger partial charge in [0.05, 0.1) is 19.6 Å². The number of rotatable bonds is 63. The van der Waals surface area contributed by atoms with E-state index < -0.39 is 35.4 Å². The number of ether oxygens (including phenoxy) is 3. The smallest absolute Gasteiger partial charge is 0.336 e. The van der Waals surface area contributed by atoms with E-state index in [0.717, 1.165) is 52.2 Å². The topological polar surface area (TPSA) is 130 Å². The summed E-state index contributed by atoms with van der Waals surface area (Å²) in [7, 11) is 0. The Morgan fingerprint density at radius 3 is 0.598 bits per heavy atom. The molecule has 1 rings (SSSR count). The maximum atomic E-state index is 14.4. The van der Waals surface area contributed by atoms with Gasteiger partial charge in [-0.2, -0.15) is 37.9 Å². The lowest BCUT2D eigenvalue weighted by Crippen LogP contribution is -2.58. The van der Waals surface area contributed by atoms with Crippen molar-refractivity contribution < 1.29 is 14.2 Å². The third-order valence-corrected chi connectivity index (χ3v) is 18.8. The van der Waals surface area contributed by atoms with Gasteiger partial charge in [-0.25, -0.2) is 28.1 Å². The molecule has 0 saturated carbocycles. The minimum Gasteiger partial charge on any atom is -0.465 e. The molecule has 0 aliphatic heterocycles. The molecule has 510 valence electrons. The largest absolute Gasteiger partial charge is 0.465 e. The van der Waals surface area contributed by atoms with Crippen molar-refractivity contribution in [3.05, 3.63) is 31.5 Å². The van der Waals surface area contributed by atoms with Crippen LogP contribution < -0.4 is 33.0 Å². The molecular weight excluding hydrogens is 1200 g/mol. The molecule has 0 aliphatic rings. The van der Waals surface area contributed by atoms with Gasteiger partial charge in [-0.15, -0.1) is 0 Å². The van der Waals surface area contributed by atoms with E-state index in [4.69, 9.17) is 50.9 Å². The summed E-state index contributed by atoms with van der Waals surface area (Å²) in [4.78, 5) is 43.1. The summed E-state index contributed by atoms with van der Waals surface area (Å²) < 4.78 is 21.3. The van der Waals surface area contributed by atoms with Crippen LogP contribution in [-0.2, 0) is 33.8 Å². The third kappa shape index (κ3) is 48.0.